The van der Waals surface area contributed by atoms with Crippen molar-refractivity contribution in [3.63, 3.8) is 0 Å². The molecular weight excluding hydrogens is 390 g/mol. The van der Waals surface area contributed by atoms with Gasteiger partial charge in [-0.05, 0) is 18.6 Å². The van der Waals surface area contributed by atoms with Crippen LogP contribution in [0.2, 0.25) is 0 Å². The number of hydrazone groups is 1. The fourth-order valence-corrected chi connectivity index (χ4v) is 2.83. The number of hydrogen-bond acceptors (Lipinski definition) is 7. The summed E-state index contributed by atoms with van der Waals surface area (Å²) in [4.78, 5) is 35.5. The van der Waals surface area contributed by atoms with Crippen LogP contribution in [0.3, 0.4) is 0 Å². The first-order valence-electron chi connectivity index (χ1n) is 9.23. The minimum Gasteiger partial charge on any atom is -0.507 e. The quantitative estimate of drug-likeness (QED) is 0.349. The standard InChI is InChI=1S/C20H19N5O5/c1-2-3-10-24-20(28)16-7-5-4-6-15(16)18(23-24)19(27)22-21-12-13-11-14(25(29)30)8-9-17(13)26/h4-9,11-12,26H,2-3,10H2,1H3,(H,22,27)/b21-12+. The van der Waals surface area contributed by atoms with Gasteiger partial charge in [-0.3, -0.25) is 19.7 Å². The minimum absolute atomic E-state index is 0.0294. The monoisotopic (exact) mass is 409 g/mol. The maximum Gasteiger partial charge on any atom is 0.292 e. The van der Waals surface area contributed by atoms with Gasteiger partial charge in [0.05, 0.1) is 16.5 Å². The number of nitro benzene ring substituents is 1. The van der Waals surface area contributed by atoms with Crippen LogP contribution >= 0.6 is 0 Å². The summed E-state index contributed by atoms with van der Waals surface area (Å²) in [6.07, 6.45) is 2.69. The van der Waals surface area contributed by atoms with Gasteiger partial charge in [0, 0.05) is 29.6 Å². The number of fused-ring (bicyclic) bond motifs is 1. The van der Waals surface area contributed by atoms with Crippen LogP contribution in [0.25, 0.3) is 10.8 Å². The van der Waals surface area contributed by atoms with Crippen molar-refractivity contribution in [1.29, 1.82) is 0 Å². The Morgan fingerprint density at radius 2 is 2.03 bits per heavy atom. The number of nitro groups is 1. The summed E-state index contributed by atoms with van der Waals surface area (Å²) < 4.78 is 1.26. The topological polar surface area (TPSA) is 140 Å². The molecule has 0 aliphatic heterocycles. The van der Waals surface area contributed by atoms with E-state index >= 15 is 0 Å². The number of phenolic OH excluding ortho intramolecular Hbond substituents is 1. The van der Waals surface area contributed by atoms with Crippen LogP contribution in [0.4, 0.5) is 5.69 Å². The second-order valence-electron chi connectivity index (χ2n) is 6.48. The highest BCUT2D eigenvalue weighted by Gasteiger charge is 2.16. The van der Waals surface area contributed by atoms with Crippen LogP contribution in [0.15, 0.2) is 52.4 Å². The molecule has 1 heterocycles. The number of phenols is 1. The first kappa shape index (κ1) is 20.6. The van der Waals surface area contributed by atoms with Gasteiger partial charge >= 0.3 is 0 Å². The Morgan fingerprint density at radius 1 is 1.30 bits per heavy atom. The Kier molecular flexibility index (Phi) is 6.16. The third-order valence-electron chi connectivity index (χ3n) is 4.40. The number of carbonyl (C=O) groups excluding carboxylic acids is 1. The number of aromatic hydroxyl groups is 1. The molecule has 0 saturated heterocycles. The molecule has 10 heteroatoms. The fraction of sp³-hybridized carbons (Fsp3) is 0.200. The summed E-state index contributed by atoms with van der Waals surface area (Å²) in [7, 11) is 0. The molecule has 154 valence electrons. The number of rotatable bonds is 7. The molecule has 0 radical (unpaired) electrons. The molecule has 0 aliphatic carbocycles. The van der Waals surface area contributed by atoms with Gasteiger partial charge in [0.1, 0.15) is 5.75 Å². The molecule has 30 heavy (non-hydrogen) atoms. The fourth-order valence-electron chi connectivity index (χ4n) is 2.83. The normalized spacial score (nSPS) is 11.1. The van der Waals surface area contributed by atoms with Crippen molar-refractivity contribution < 1.29 is 14.8 Å². The number of unbranched alkanes of at least 4 members (excludes halogenated alkanes) is 1. The molecule has 0 atom stereocenters. The van der Waals surface area contributed by atoms with E-state index in [1.165, 1.54) is 10.7 Å². The van der Waals surface area contributed by atoms with Crippen molar-refractivity contribution in [1.82, 2.24) is 15.2 Å². The van der Waals surface area contributed by atoms with E-state index in [2.05, 4.69) is 15.6 Å². The van der Waals surface area contributed by atoms with Crippen LogP contribution < -0.4 is 11.0 Å². The maximum absolute atomic E-state index is 12.7. The van der Waals surface area contributed by atoms with Crippen LogP contribution in [0, 0.1) is 10.1 Å². The Morgan fingerprint density at radius 3 is 2.73 bits per heavy atom. The lowest BCUT2D eigenvalue weighted by atomic mass is 10.1. The van der Waals surface area contributed by atoms with Crippen molar-refractivity contribution in [2.75, 3.05) is 0 Å². The molecule has 3 aromatic rings. The second-order valence-corrected chi connectivity index (χ2v) is 6.48. The van der Waals surface area contributed by atoms with Gasteiger partial charge in [0.15, 0.2) is 5.69 Å². The SMILES string of the molecule is CCCCn1nc(C(=O)N/N=C/c2cc([N+](=O)[O-])ccc2O)c2ccccc2c1=O. The molecule has 0 spiro atoms. The van der Waals surface area contributed by atoms with Gasteiger partial charge in [-0.25, -0.2) is 10.1 Å². The van der Waals surface area contributed by atoms with Crippen LogP contribution in [0.1, 0.15) is 35.8 Å². The number of non-ortho nitro benzene ring substituents is 1. The van der Waals surface area contributed by atoms with Crippen molar-refractivity contribution in [2.24, 2.45) is 5.10 Å². The number of nitrogens with one attached hydrogen (secondary N) is 1. The van der Waals surface area contributed by atoms with Gasteiger partial charge in [-0.2, -0.15) is 10.2 Å². The van der Waals surface area contributed by atoms with Gasteiger partial charge in [-0.15, -0.1) is 0 Å². The van der Waals surface area contributed by atoms with Gasteiger partial charge in [0.2, 0.25) is 0 Å². The molecule has 0 aliphatic rings. The molecule has 0 unspecified atom stereocenters. The highest BCUT2D eigenvalue weighted by molar-refractivity contribution is 6.05. The zero-order valence-corrected chi connectivity index (χ0v) is 16.1. The maximum atomic E-state index is 12.7. The third kappa shape index (κ3) is 4.32. The number of benzene rings is 2. The Hall–Kier alpha value is -4.08. The number of amides is 1. The Balaban J connectivity index is 1.91. The molecule has 0 fully saturated rings. The van der Waals surface area contributed by atoms with Gasteiger partial charge < -0.3 is 5.11 Å². The average molecular weight is 409 g/mol. The van der Waals surface area contributed by atoms with Crippen molar-refractivity contribution >= 4 is 28.6 Å². The summed E-state index contributed by atoms with van der Waals surface area (Å²) >= 11 is 0. The Bertz CT molecular complexity index is 1200. The number of aromatic nitrogens is 2. The summed E-state index contributed by atoms with van der Waals surface area (Å²) in [5.41, 5.74) is 1.88. The smallest absolute Gasteiger partial charge is 0.292 e. The molecule has 1 aromatic heterocycles. The second kappa shape index (κ2) is 8.95. The molecule has 1 amide bonds. The Labute approximate surface area is 170 Å². The summed E-state index contributed by atoms with van der Waals surface area (Å²) in [5.74, 6) is -0.882. The van der Waals surface area contributed by atoms with E-state index in [1.807, 2.05) is 6.92 Å². The van der Waals surface area contributed by atoms with Crippen LogP contribution in [0.5, 0.6) is 5.75 Å². The predicted octanol–water partition coefficient (Wildman–Crippen LogP) is 2.57. The summed E-state index contributed by atoms with van der Waals surface area (Å²) in [6, 6.07) is 10.1. The minimum atomic E-state index is -0.655. The molecule has 2 N–H and O–H groups in total. The lowest BCUT2D eigenvalue weighted by Gasteiger charge is -2.09. The third-order valence-corrected chi connectivity index (χ3v) is 4.40. The number of carbonyl (C=O) groups is 1. The van der Waals surface area contributed by atoms with Crippen LogP contribution in [-0.4, -0.2) is 31.9 Å². The van der Waals surface area contributed by atoms with E-state index in [9.17, 15) is 24.8 Å². The number of hydrogen-bond donors (Lipinski definition) is 2. The molecule has 0 bridgehead atoms. The summed E-state index contributed by atoms with van der Waals surface area (Å²) in [5, 5.41) is 29.4. The lowest BCUT2D eigenvalue weighted by molar-refractivity contribution is -0.384. The molecule has 3 rings (SSSR count). The van der Waals surface area contributed by atoms with E-state index in [1.54, 1.807) is 24.3 Å². The first-order valence-corrected chi connectivity index (χ1v) is 9.23. The predicted molar refractivity (Wildman–Crippen MR) is 111 cm³/mol. The van der Waals surface area contributed by atoms with E-state index in [0.717, 1.165) is 31.2 Å². The van der Waals surface area contributed by atoms with Gasteiger partial charge in [0.25, 0.3) is 17.2 Å². The van der Waals surface area contributed by atoms with E-state index in [4.69, 9.17) is 0 Å². The van der Waals surface area contributed by atoms with Crippen molar-refractivity contribution in [3.8, 4) is 5.75 Å². The molecule has 2 aromatic carbocycles. The average Bonchev–Trinajstić information content (AvgIpc) is 2.74. The number of aryl methyl sites for hydroxylation is 1. The highest BCUT2D eigenvalue weighted by atomic mass is 16.6. The molecule has 10 nitrogen and oxygen atoms in total. The zero-order valence-electron chi connectivity index (χ0n) is 16.1. The number of nitrogens with zero attached hydrogens (tertiary/aromatic N) is 4. The van der Waals surface area contributed by atoms with E-state index < -0.39 is 10.8 Å². The first-order chi connectivity index (χ1) is 14.4. The van der Waals surface area contributed by atoms with E-state index in [-0.39, 0.29) is 28.3 Å². The zero-order chi connectivity index (χ0) is 21.7. The van der Waals surface area contributed by atoms with Crippen LogP contribution in [-0.2, 0) is 6.54 Å². The van der Waals surface area contributed by atoms with Crippen molar-refractivity contribution in [3.05, 3.63) is 74.2 Å². The lowest BCUT2D eigenvalue weighted by Crippen LogP contribution is -2.29. The van der Waals surface area contributed by atoms with Crippen molar-refractivity contribution in [2.45, 2.75) is 26.3 Å². The molecular formula is C20H19N5O5. The highest BCUT2D eigenvalue weighted by Crippen LogP contribution is 2.21. The largest absolute Gasteiger partial charge is 0.507 e. The summed E-state index contributed by atoms with van der Waals surface area (Å²) in [6.45, 7) is 2.36. The van der Waals surface area contributed by atoms with Gasteiger partial charge in [-0.1, -0.05) is 31.5 Å². The van der Waals surface area contributed by atoms with E-state index in [0.29, 0.717) is 17.3 Å². The molecule has 0 saturated carbocycles.